The highest BCUT2D eigenvalue weighted by atomic mass is 32.2. The number of nitrogens with one attached hydrogen (secondary N) is 1. The Balaban J connectivity index is 1.59. The van der Waals surface area contributed by atoms with Crippen LogP contribution in [0.2, 0.25) is 0 Å². The number of anilines is 1. The Bertz CT molecular complexity index is 1980. The van der Waals surface area contributed by atoms with Crippen LogP contribution in [0.5, 0.6) is 0 Å². The third-order valence-electron chi connectivity index (χ3n) is 7.96. The number of hydrogen-bond acceptors (Lipinski definition) is 7. The lowest BCUT2D eigenvalue weighted by Gasteiger charge is -2.29. The number of nitrogens with zero attached hydrogens (tertiary/aromatic N) is 4. The standard InChI is InChI=1S/C30H27F5N6O2S/c1-16-6-9-18(10-7-16)44(42,43)41-15-22(19-11-8-17(12-25(19)41)30(33,34)35)20-13-37-27(28(31)32)21-14-38-29(40-26(20)21)39-24-5-3-2-4-23(24)36/h6-15,23-24,28H,2-5,36H2,1H3,(H,38,39,40)/t23-,24+/m0/s1. The molecule has 6 rings (SSSR count). The topological polar surface area (TPSA) is 116 Å². The van der Waals surface area contributed by atoms with Crippen molar-refractivity contribution in [3.8, 4) is 11.1 Å². The Hall–Kier alpha value is -4.17. The predicted octanol–water partition coefficient (Wildman–Crippen LogP) is 6.83. The lowest BCUT2D eigenvalue weighted by atomic mass is 9.91. The van der Waals surface area contributed by atoms with E-state index in [0.29, 0.717) is 0 Å². The van der Waals surface area contributed by atoms with Crippen molar-refractivity contribution in [3.63, 3.8) is 0 Å². The van der Waals surface area contributed by atoms with E-state index in [0.717, 1.165) is 59.6 Å². The number of hydrogen-bond donors (Lipinski definition) is 2. The number of fused-ring (bicyclic) bond motifs is 2. The Labute approximate surface area is 249 Å². The molecule has 3 aromatic heterocycles. The summed E-state index contributed by atoms with van der Waals surface area (Å²) in [7, 11) is -4.39. The lowest BCUT2D eigenvalue weighted by Crippen LogP contribution is -2.42. The molecule has 8 nitrogen and oxygen atoms in total. The second-order valence-corrected chi connectivity index (χ2v) is 12.7. The van der Waals surface area contributed by atoms with E-state index < -0.39 is 33.9 Å². The summed E-state index contributed by atoms with van der Waals surface area (Å²) in [6, 6.07) is 8.30. The van der Waals surface area contributed by atoms with E-state index in [1.54, 1.807) is 19.1 Å². The lowest BCUT2D eigenvalue weighted by molar-refractivity contribution is -0.137. The molecular weight excluding hydrogens is 603 g/mol. The fourth-order valence-corrected chi connectivity index (χ4v) is 6.96. The van der Waals surface area contributed by atoms with Crippen LogP contribution in [0, 0.1) is 6.92 Å². The summed E-state index contributed by atoms with van der Waals surface area (Å²) in [5.41, 5.74) is 5.48. The Morgan fingerprint density at radius 1 is 0.977 bits per heavy atom. The number of halogens is 5. The van der Waals surface area contributed by atoms with E-state index >= 15 is 0 Å². The summed E-state index contributed by atoms with van der Waals surface area (Å²) in [6.45, 7) is 1.77. The maximum atomic E-state index is 14.0. The van der Waals surface area contributed by atoms with Crippen molar-refractivity contribution in [2.24, 2.45) is 5.73 Å². The van der Waals surface area contributed by atoms with Gasteiger partial charge in [-0.1, -0.05) is 36.6 Å². The van der Waals surface area contributed by atoms with Gasteiger partial charge in [-0.2, -0.15) is 13.2 Å². The third kappa shape index (κ3) is 5.36. The van der Waals surface area contributed by atoms with Crippen molar-refractivity contribution in [3.05, 3.63) is 77.9 Å². The van der Waals surface area contributed by atoms with Gasteiger partial charge in [0, 0.05) is 52.6 Å². The number of aryl methyl sites for hydroxylation is 1. The van der Waals surface area contributed by atoms with Crippen LogP contribution in [0.25, 0.3) is 32.9 Å². The SMILES string of the molecule is Cc1ccc(S(=O)(=O)n2cc(-c3cnc(C(F)F)c4cnc(N[C@@H]5CCCC[C@@H]5N)nc34)c3ccc(C(F)(F)F)cc32)cc1. The second-order valence-electron chi connectivity index (χ2n) is 10.9. The molecule has 1 aliphatic rings. The van der Waals surface area contributed by atoms with Gasteiger partial charge < -0.3 is 11.1 Å². The zero-order valence-electron chi connectivity index (χ0n) is 23.3. The quantitative estimate of drug-likeness (QED) is 0.198. The first-order valence-corrected chi connectivity index (χ1v) is 15.3. The van der Waals surface area contributed by atoms with Gasteiger partial charge in [-0.05, 0) is 44.0 Å². The van der Waals surface area contributed by atoms with Crippen LogP contribution >= 0.6 is 0 Å². The summed E-state index contributed by atoms with van der Waals surface area (Å²) < 4.78 is 97.7. The Kier molecular flexibility index (Phi) is 7.52. The van der Waals surface area contributed by atoms with E-state index in [1.165, 1.54) is 24.5 Å². The summed E-state index contributed by atoms with van der Waals surface area (Å²) >= 11 is 0. The van der Waals surface area contributed by atoms with Crippen LogP contribution in [0.15, 0.2) is 66.0 Å². The first-order valence-electron chi connectivity index (χ1n) is 13.9. The van der Waals surface area contributed by atoms with Gasteiger partial charge in [-0.25, -0.2) is 31.1 Å². The van der Waals surface area contributed by atoms with Crippen molar-refractivity contribution < 1.29 is 30.4 Å². The molecule has 0 bridgehead atoms. The largest absolute Gasteiger partial charge is 0.416 e. The molecule has 0 aliphatic heterocycles. The van der Waals surface area contributed by atoms with Crippen molar-refractivity contribution in [1.82, 2.24) is 18.9 Å². The minimum Gasteiger partial charge on any atom is -0.350 e. The average Bonchev–Trinajstić information content (AvgIpc) is 3.37. The zero-order chi connectivity index (χ0) is 31.4. The highest BCUT2D eigenvalue weighted by Crippen LogP contribution is 2.40. The average molecular weight is 631 g/mol. The molecule has 0 spiro atoms. The maximum absolute atomic E-state index is 14.0. The molecule has 1 aliphatic carbocycles. The minimum absolute atomic E-state index is 0.0314. The van der Waals surface area contributed by atoms with Crippen molar-refractivity contribution >= 4 is 37.8 Å². The third-order valence-corrected chi connectivity index (χ3v) is 9.65. The fourth-order valence-electron chi connectivity index (χ4n) is 5.60. The van der Waals surface area contributed by atoms with Crippen LogP contribution in [0.1, 0.15) is 48.9 Å². The smallest absolute Gasteiger partial charge is 0.350 e. The van der Waals surface area contributed by atoms with E-state index in [9.17, 15) is 30.4 Å². The number of alkyl halides is 5. The van der Waals surface area contributed by atoms with Crippen LogP contribution in [0.3, 0.4) is 0 Å². The van der Waals surface area contributed by atoms with Gasteiger partial charge in [0.05, 0.1) is 21.5 Å². The van der Waals surface area contributed by atoms with E-state index in [1.807, 2.05) is 0 Å². The van der Waals surface area contributed by atoms with Gasteiger partial charge >= 0.3 is 6.18 Å². The summed E-state index contributed by atoms with van der Waals surface area (Å²) in [5, 5.41) is 3.24. The molecule has 3 heterocycles. The molecule has 14 heteroatoms. The van der Waals surface area contributed by atoms with Crippen LogP contribution in [-0.4, -0.2) is 39.4 Å². The predicted molar refractivity (Wildman–Crippen MR) is 156 cm³/mol. The van der Waals surface area contributed by atoms with Crippen molar-refractivity contribution in [2.75, 3.05) is 5.32 Å². The Morgan fingerprint density at radius 2 is 1.70 bits per heavy atom. The molecule has 0 amide bonds. The number of rotatable bonds is 6. The highest BCUT2D eigenvalue weighted by molar-refractivity contribution is 7.90. The molecule has 0 saturated heterocycles. The van der Waals surface area contributed by atoms with Crippen molar-refractivity contribution in [1.29, 1.82) is 0 Å². The number of benzene rings is 2. The van der Waals surface area contributed by atoms with Crippen LogP contribution < -0.4 is 11.1 Å². The number of aromatic nitrogens is 4. The normalized spacial score (nSPS) is 17.9. The summed E-state index contributed by atoms with van der Waals surface area (Å²) in [4.78, 5) is 12.6. The molecular formula is C30H27F5N6O2S. The molecule has 1 saturated carbocycles. The van der Waals surface area contributed by atoms with Gasteiger partial charge in [0.1, 0.15) is 5.69 Å². The first-order chi connectivity index (χ1) is 20.8. The van der Waals surface area contributed by atoms with Gasteiger partial charge in [0.15, 0.2) is 0 Å². The van der Waals surface area contributed by atoms with Gasteiger partial charge in [0.25, 0.3) is 16.4 Å². The number of pyridine rings is 1. The highest BCUT2D eigenvalue weighted by Gasteiger charge is 2.33. The van der Waals surface area contributed by atoms with Crippen LogP contribution in [0.4, 0.5) is 27.9 Å². The monoisotopic (exact) mass is 630 g/mol. The molecule has 230 valence electrons. The Morgan fingerprint density at radius 3 is 2.39 bits per heavy atom. The molecule has 5 aromatic rings. The fraction of sp³-hybridized carbons (Fsp3) is 0.300. The minimum atomic E-state index is -4.75. The van der Waals surface area contributed by atoms with E-state index in [2.05, 4.69) is 20.3 Å². The molecule has 44 heavy (non-hydrogen) atoms. The summed E-state index contributed by atoms with van der Waals surface area (Å²) in [6.07, 6.45) is -0.731. The molecule has 2 atom stereocenters. The maximum Gasteiger partial charge on any atom is 0.416 e. The molecule has 1 fully saturated rings. The van der Waals surface area contributed by atoms with Crippen molar-refractivity contribution in [2.45, 2.75) is 62.2 Å². The second kappa shape index (κ2) is 11.1. The number of nitrogens with two attached hydrogens (primary N) is 1. The summed E-state index contributed by atoms with van der Waals surface area (Å²) in [5.74, 6) is 0.128. The molecule has 2 aromatic carbocycles. The van der Waals surface area contributed by atoms with Crippen LogP contribution in [-0.2, 0) is 16.2 Å². The molecule has 0 radical (unpaired) electrons. The van der Waals surface area contributed by atoms with E-state index in [-0.39, 0.29) is 55.9 Å². The van der Waals surface area contributed by atoms with Gasteiger partial charge in [-0.15, -0.1) is 0 Å². The molecule has 3 N–H and O–H groups in total. The zero-order valence-corrected chi connectivity index (χ0v) is 24.1. The van der Waals surface area contributed by atoms with Gasteiger partial charge in [-0.3, -0.25) is 4.98 Å². The van der Waals surface area contributed by atoms with Gasteiger partial charge in [0.2, 0.25) is 5.95 Å². The van der Waals surface area contributed by atoms with E-state index in [4.69, 9.17) is 5.73 Å². The first kappa shape index (κ1) is 29.9. The molecule has 0 unspecified atom stereocenters.